The number of ketones is 1. The quantitative estimate of drug-likeness (QED) is 0.682. The second-order valence-corrected chi connectivity index (χ2v) is 4.63. The van der Waals surface area contributed by atoms with E-state index in [0.717, 1.165) is 29.1 Å². The van der Waals surface area contributed by atoms with Crippen molar-refractivity contribution in [3.8, 4) is 11.5 Å². The number of pyridine rings is 1. The molecule has 4 nitrogen and oxygen atoms in total. The number of fused-ring (bicyclic) bond motifs is 1. The lowest BCUT2D eigenvalue weighted by atomic mass is 10.2. The van der Waals surface area contributed by atoms with Crippen LogP contribution in [0.25, 0.3) is 22.6 Å². The van der Waals surface area contributed by atoms with Crippen LogP contribution in [0.4, 0.5) is 0 Å². The van der Waals surface area contributed by atoms with Gasteiger partial charge >= 0.3 is 0 Å². The first-order valence-electron chi connectivity index (χ1n) is 6.64. The number of aromatic nitrogens is 3. The van der Waals surface area contributed by atoms with E-state index in [1.165, 1.54) is 6.92 Å². The molecule has 4 heteroatoms. The number of imidazole rings is 1. The first kappa shape index (κ1) is 12.5. The number of nitrogens with zero attached hydrogens (tertiary/aromatic N) is 3. The minimum atomic E-state index is -0.0361. The van der Waals surface area contributed by atoms with Crippen LogP contribution in [-0.2, 0) is 6.54 Å². The molecular formula is C16H15N3O. The summed E-state index contributed by atoms with van der Waals surface area (Å²) >= 11 is 0. The molecule has 0 aliphatic heterocycles. The van der Waals surface area contributed by atoms with Crippen molar-refractivity contribution in [3.63, 3.8) is 0 Å². The van der Waals surface area contributed by atoms with E-state index in [9.17, 15) is 4.79 Å². The number of carbonyl (C=O) groups excluding carboxylic acids is 1. The Labute approximate surface area is 117 Å². The minimum Gasteiger partial charge on any atom is -0.323 e. The van der Waals surface area contributed by atoms with Crippen molar-refractivity contribution in [2.24, 2.45) is 0 Å². The molecule has 3 aromatic rings. The number of para-hydroxylation sites is 2. The zero-order valence-corrected chi connectivity index (χ0v) is 11.5. The zero-order valence-electron chi connectivity index (χ0n) is 11.5. The monoisotopic (exact) mass is 265 g/mol. The molecule has 0 bridgehead atoms. The van der Waals surface area contributed by atoms with Crippen molar-refractivity contribution in [1.29, 1.82) is 0 Å². The molecule has 0 N–H and O–H groups in total. The molecular weight excluding hydrogens is 250 g/mol. The van der Waals surface area contributed by atoms with Gasteiger partial charge in [-0.25, -0.2) is 9.97 Å². The van der Waals surface area contributed by atoms with Gasteiger partial charge in [0.05, 0.1) is 11.0 Å². The molecule has 0 unspecified atom stereocenters. The lowest BCUT2D eigenvalue weighted by Crippen LogP contribution is -2.02. The molecule has 20 heavy (non-hydrogen) atoms. The van der Waals surface area contributed by atoms with Gasteiger partial charge in [-0.05, 0) is 31.2 Å². The number of carbonyl (C=O) groups is 1. The van der Waals surface area contributed by atoms with Crippen molar-refractivity contribution in [2.45, 2.75) is 20.4 Å². The maximum atomic E-state index is 11.5. The van der Waals surface area contributed by atoms with Crippen LogP contribution in [0.2, 0.25) is 0 Å². The van der Waals surface area contributed by atoms with Gasteiger partial charge in [-0.3, -0.25) is 4.79 Å². The molecule has 2 heterocycles. The summed E-state index contributed by atoms with van der Waals surface area (Å²) in [7, 11) is 0. The van der Waals surface area contributed by atoms with Gasteiger partial charge in [0, 0.05) is 13.5 Å². The lowest BCUT2D eigenvalue weighted by molar-refractivity contribution is 0.101. The third kappa shape index (κ3) is 1.99. The first-order valence-corrected chi connectivity index (χ1v) is 6.64. The van der Waals surface area contributed by atoms with Crippen LogP contribution in [0.15, 0.2) is 42.5 Å². The molecule has 0 aliphatic rings. The third-order valence-corrected chi connectivity index (χ3v) is 3.31. The normalized spacial score (nSPS) is 10.9. The van der Waals surface area contributed by atoms with Crippen LogP contribution >= 0.6 is 0 Å². The summed E-state index contributed by atoms with van der Waals surface area (Å²) in [6.45, 7) is 4.41. The maximum absolute atomic E-state index is 11.5. The van der Waals surface area contributed by atoms with Gasteiger partial charge in [-0.2, -0.15) is 0 Å². The van der Waals surface area contributed by atoms with Crippen LogP contribution in [0.5, 0.6) is 0 Å². The average Bonchev–Trinajstić information content (AvgIpc) is 2.86. The number of rotatable bonds is 3. The molecule has 0 aliphatic carbocycles. The van der Waals surface area contributed by atoms with Crippen molar-refractivity contribution >= 4 is 16.8 Å². The van der Waals surface area contributed by atoms with Gasteiger partial charge in [-0.15, -0.1) is 0 Å². The molecule has 0 atom stereocenters. The van der Waals surface area contributed by atoms with E-state index in [1.54, 1.807) is 6.07 Å². The van der Waals surface area contributed by atoms with E-state index in [0.29, 0.717) is 5.69 Å². The summed E-state index contributed by atoms with van der Waals surface area (Å²) in [4.78, 5) is 20.5. The highest BCUT2D eigenvalue weighted by atomic mass is 16.1. The standard InChI is InChI=1S/C16H15N3O/c1-3-19-15-10-5-4-7-13(15)18-16(19)14-9-6-8-12(17-14)11(2)20/h4-10H,3H2,1-2H3. The predicted molar refractivity (Wildman–Crippen MR) is 78.6 cm³/mol. The van der Waals surface area contributed by atoms with Crippen LogP contribution in [0, 0.1) is 0 Å². The van der Waals surface area contributed by atoms with Crippen LogP contribution < -0.4 is 0 Å². The zero-order chi connectivity index (χ0) is 14.1. The van der Waals surface area contributed by atoms with Gasteiger partial charge in [0.25, 0.3) is 0 Å². The predicted octanol–water partition coefficient (Wildman–Crippen LogP) is 3.32. The smallest absolute Gasteiger partial charge is 0.178 e. The molecule has 0 amide bonds. The molecule has 0 radical (unpaired) electrons. The molecule has 0 saturated carbocycles. The number of hydrogen-bond acceptors (Lipinski definition) is 3. The highest BCUT2D eigenvalue weighted by molar-refractivity contribution is 5.92. The van der Waals surface area contributed by atoms with Gasteiger partial charge in [0.15, 0.2) is 11.6 Å². The average molecular weight is 265 g/mol. The summed E-state index contributed by atoms with van der Waals surface area (Å²) in [5.41, 5.74) is 3.23. The van der Waals surface area contributed by atoms with E-state index < -0.39 is 0 Å². The second kappa shape index (κ2) is 4.89. The van der Waals surface area contributed by atoms with Gasteiger partial charge in [0.1, 0.15) is 11.4 Å². The Hall–Kier alpha value is -2.49. The number of hydrogen-bond donors (Lipinski definition) is 0. The third-order valence-electron chi connectivity index (χ3n) is 3.31. The Balaban J connectivity index is 2.23. The Bertz CT molecular complexity index is 789. The summed E-state index contributed by atoms with van der Waals surface area (Å²) in [6, 6.07) is 13.5. The fraction of sp³-hybridized carbons (Fsp3) is 0.188. The first-order chi connectivity index (χ1) is 9.70. The van der Waals surface area contributed by atoms with Gasteiger partial charge < -0.3 is 4.57 Å². The highest BCUT2D eigenvalue weighted by Gasteiger charge is 2.13. The fourth-order valence-corrected chi connectivity index (χ4v) is 2.35. The molecule has 1 aromatic carbocycles. The van der Waals surface area contributed by atoms with Crippen molar-refractivity contribution in [2.75, 3.05) is 0 Å². The number of Topliss-reactive ketones (excluding diaryl/α,β-unsaturated/α-hetero) is 1. The fourth-order valence-electron chi connectivity index (χ4n) is 2.35. The largest absolute Gasteiger partial charge is 0.323 e. The Morgan fingerprint density at radius 2 is 1.90 bits per heavy atom. The van der Waals surface area contributed by atoms with E-state index in [2.05, 4.69) is 21.5 Å². The van der Waals surface area contributed by atoms with E-state index in [1.807, 2.05) is 36.4 Å². The van der Waals surface area contributed by atoms with Crippen LogP contribution in [0.3, 0.4) is 0 Å². The SMILES string of the molecule is CCn1c(-c2cccc(C(C)=O)n2)nc2ccccc21. The summed E-state index contributed by atoms with van der Waals surface area (Å²) in [5.74, 6) is 0.766. The van der Waals surface area contributed by atoms with Crippen LogP contribution in [-0.4, -0.2) is 20.3 Å². The Morgan fingerprint density at radius 3 is 2.65 bits per heavy atom. The number of benzene rings is 1. The Morgan fingerprint density at radius 1 is 1.10 bits per heavy atom. The highest BCUT2D eigenvalue weighted by Crippen LogP contribution is 2.23. The number of aryl methyl sites for hydroxylation is 1. The molecule has 3 rings (SSSR count). The van der Waals surface area contributed by atoms with E-state index >= 15 is 0 Å². The van der Waals surface area contributed by atoms with Crippen LogP contribution in [0.1, 0.15) is 24.3 Å². The summed E-state index contributed by atoms with van der Waals surface area (Å²) in [5, 5.41) is 0. The minimum absolute atomic E-state index is 0.0361. The molecule has 0 saturated heterocycles. The van der Waals surface area contributed by atoms with Gasteiger partial charge in [0.2, 0.25) is 0 Å². The lowest BCUT2D eigenvalue weighted by Gasteiger charge is -2.06. The van der Waals surface area contributed by atoms with Gasteiger partial charge in [-0.1, -0.05) is 18.2 Å². The second-order valence-electron chi connectivity index (χ2n) is 4.63. The maximum Gasteiger partial charge on any atom is 0.178 e. The molecule has 0 spiro atoms. The molecule has 100 valence electrons. The van der Waals surface area contributed by atoms with E-state index in [-0.39, 0.29) is 5.78 Å². The van der Waals surface area contributed by atoms with Crippen molar-refractivity contribution < 1.29 is 4.79 Å². The molecule has 2 aromatic heterocycles. The Kier molecular flexibility index (Phi) is 3.06. The van der Waals surface area contributed by atoms with Crippen molar-refractivity contribution in [3.05, 3.63) is 48.2 Å². The van der Waals surface area contributed by atoms with Crippen molar-refractivity contribution in [1.82, 2.24) is 14.5 Å². The summed E-state index contributed by atoms with van der Waals surface area (Å²) < 4.78 is 2.11. The topological polar surface area (TPSA) is 47.8 Å². The van der Waals surface area contributed by atoms with E-state index in [4.69, 9.17) is 0 Å². The summed E-state index contributed by atoms with van der Waals surface area (Å²) in [6.07, 6.45) is 0. The molecule has 0 fully saturated rings.